The van der Waals surface area contributed by atoms with Crippen molar-refractivity contribution in [1.82, 2.24) is 4.90 Å². The van der Waals surface area contributed by atoms with Gasteiger partial charge in [-0.1, -0.05) is 23.7 Å². The summed E-state index contributed by atoms with van der Waals surface area (Å²) in [7, 11) is 0. The Morgan fingerprint density at radius 2 is 2.24 bits per heavy atom. The third-order valence-electron chi connectivity index (χ3n) is 4.05. The Hall–Kier alpha value is -1.10. The van der Waals surface area contributed by atoms with Crippen LogP contribution in [0.15, 0.2) is 24.3 Å². The Morgan fingerprint density at radius 3 is 2.90 bits per heavy atom. The standard InChI is InChI=1S/C16H20ClNO3/c1-16(2)20-10-14(21-16)15(19)18-8-4-7-13(18)11-5-3-6-12(17)9-11/h3,5-6,9,13-14H,4,7-8,10H2,1-2H3/t13?,14-/m1/s1. The van der Waals surface area contributed by atoms with Crippen molar-refractivity contribution >= 4 is 17.5 Å². The van der Waals surface area contributed by atoms with Crippen molar-refractivity contribution < 1.29 is 14.3 Å². The molecule has 3 rings (SSSR count). The van der Waals surface area contributed by atoms with Crippen LogP contribution in [0.2, 0.25) is 5.02 Å². The number of benzene rings is 1. The maximum atomic E-state index is 12.7. The molecule has 0 saturated carbocycles. The van der Waals surface area contributed by atoms with Crippen LogP contribution in [0.25, 0.3) is 0 Å². The van der Waals surface area contributed by atoms with Crippen molar-refractivity contribution in [2.45, 2.75) is 44.6 Å². The number of carbonyl (C=O) groups excluding carboxylic acids is 1. The van der Waals surface area contributed by atoms with Gasteiger partial charge in [0.05, 0.1) is 12.6 Å². The molecule has 1 unspecified atom stereocenters. The summed E-state index contributed by atoms with van der Waals surface area (Å²) in [5.41, 5.74) is 1.09. The van der Waals surface area contributed by atoms with Crippen LogP contribution in [-0.2, 0) is 14.3 Å². The molecule has 5 heteroatoms. The van der Waals surface area contributed by atoms with Crippen LogP contribution in [0.5, 0.6) is 0 Å². The van der Waals surface area contributed by atoms with Gasteiger partial charge in [0.25, 0.3) is 5.91 Å². The summed E-state index contributed by atoms with van der Waals surface area (Å²) in [4.78, 5) is 14.6. The summed E-state index contributed by atoms with van der Waals surface area (Å²) in [5.74, 6) is -0.658. The Balaban J connectivity index is 1.77. The van der Waals surface area contributed by atoms with Gasteiger partial charge in [0.15, 0.2) is 11.9 Å². The van der Waals surface area contributed by atoms with E-state index in [2.05, 4.69) is 0 Å². The molecule has 2 saturated heterocycles. The Labute approximate surface area is 130 Å². The van der Waals surface area contributed by atoms with Gasteiger partial charge in [-0.3, -0.25) is 4.79 Å². The first-order valence-electron chi connectivity index (χ1n) is 7.34. The van der Waals surface area contributed by atoms with Gasteiger partial charge in [-0.2, -0.15) is 0 Å². The lowest BCUT2D eigenvalue weighted by Crippen LogP contribution is -2.40. The number of nitrogens with zero attached hydrogens (tertiary/aromatic N) is 1. The Bertz CT molecular complexity index is 546. The lowest BCUT2D eigenvalue weighted by Gasteiger charge is -2.27. The maximum absolute atomic E-state index is 12.7. The number of amides is 1. The van der Waals surface area contributed by atoms with E-state index in [1.54, 1.807) is 0 Å². The molecule has 2 fully saturated rings. The van der Waals surface area contributed by atoms with Crippen molar-refractivity contribution in [3.63, 3.8) is 0 Å². The highest BCUT2D eigenvalue weighted by atomic mass is 35.5. The monoisotopic (exact) mass is 309 g/mol. The molecule has 21 heavy (non-hydrogen) atoms. The predicted octanol–water partition coefficient (Wildman–Crippen LogP) is 3.16. The van der Waals surface area contributed by atoms with Gasteiger partial charge >= 0.3 is 0 Å². The topological polar surface area (TPSA) is 38.8 Å². The van der Waals surface area contributed by atoms with E-state index >= 15 is 0 Å². The van der Waals surface area contributed by atoms with Crippen LogP contribution in [0, 0.1) is 0 Å². The van der Waals surface area contributed by atoms with E-state index in [9.17, 15) is 4.79 Å². The average Bonchev–Trinajstić information content (AvgIpc) is 3.04. The molecule has 2 aliphatic rings. The predicted molar refractivity (Wildman–Crippen MR) is 80.0 cm³/mol. The fraction of sp³-hybridized carbons (Fsp3) is 0.562. The Morgan fingerprint density at radius 1 is 1.43 bits per heavy atom. The lowest BCUT2D eigenvalue weighted by molar-refractivity contribution is -0.160. The second kappa shape index (κ2) is 5.59. The van der Waals surface area contributed by atoms with Crippen LogP contribution in [-0.4, -0.2) is 35.8 Å². The zero-order valence-corrected chi connectivity index (χ0v) is 13.1. The molecule has 0 bridgehead atoms. The maximum Gasteiger partial charge on any atom is 0.254 e. The highest BCUT2D eigenvalue weighted by molar-refractivity contribution is 6.30. The number of halogens is 1. The van der Waals surface area contributed by atoms with Crippen molar-refractivity contribution in [1.29, 1.82) is 0 Å². The second-order valence-electron chi connectivity index (χ2n) is 6.06. The summed E-state index contributed by atoms with van der Waals surface area (Å²) < 4.78 is 11.2. The molecule has 2 atom stereocenters. The number of hydrogen-bond donors (Lipinski definition) is 0. The smallest absolute Gasteiger partial charge is 0.254 e. The van der Waals surface area contributed by atoms with E-state index in [0.717, 1.165) is 24.9 Å². The van der Waals surface area contributed by atoms with Gasteiger partial charge in [-0.25, -0.2) is 0 Å². The molecule has 2 aliphatic heterocycles. The third kappa shape index (κ3) is 3.07. The van der Waals surface area contributed by atoms with Gasteiger partial charge in [-0.15, -0.1) is 0 Å². The molecule has 1 aromatic rings. The first kappa shape index (κ1) is 14.8. The molecule has 0 radical (unpaired) electrons. The number of carbonyl (C=O) groups is 1. The minimum atomic E-state index is -0.675. The van der Waals surface area contributed by atoms with Crippen LogP contribution in [0.4, 0.5) is 0 Å². The van der Waals surface area contributed by atoms with Gasteiger partial charge in [0.2, 0.25) is 0 Å². The number of hydrogen-bond acceptors (Lipinski definition) is 3. The first-order valence-corrected chi connectivity index (χ1v) is 7.72. The van der Waals surface area contributed by atoms with Crippen molar-refractivity contribution in [3.8, 4) is 0 Å². The second-order valence-corrected chi connectivity index (χ2v) is 6.50. The van der Waals surface area contributed by atoms with Gasteiger partial charge < -0.3 is 14.4 Å². The van der Waals surface area contributed by atoms with Crippen LogP contribution in [0.3, 0.4) is 0 Å². The molecular formula is C16H20ClNO3. The molecule has 0 N–H and O–H groups in total. The molecule has 114 valence electrons. The molecule has 0 spiro atoms. The molecule has 0 aliphatic carbocycles. The van der Waals surface area contributed by atoms with Gasteiger partial charge in [0, 0.05) is 11.6 Å². The number of likely N-dealkylation sites (tertiary alicyclic amines) is 1. The van der Waals surface area contributed by atoms with E-state index in [0.29, 0.717) is 11.6 Å². The minimum Gasteiger partial charge on any atom is -0.347 e. The highest BCUT2D eigenvalue weighted by Gasteiger charge is 2.41. The molecule has 1 amide bonds. The first-order chi connectivity index (χ1) is 9.96. The average molecular weight is 310 g/mol. The van der Waals surface area contributed by atoms with Crippen LogP contribution >= 0.6 is 11.6 Å². The summed E-state index contributed by atoms with van der Waals surface area (Å²) in [6.45, 7) is 4.75. The van der Waals surface area contributed by atoms with Crippen LogP contribution in [0.1, 0.15) is 38.3 Å². The van der Waals surface area contributed by atoms with Crippen LogP contribution < -0.4 is 0 Å². The number of rotatable bonds is 2. The zero-order chi connectivity index (χ0) is 15.0. The van der Waals surface area contributed by atoms with Gasteiger partial charge in [0.1, 0.15) is 0 Å². The molecule has 0 aromatic heterocycles. The summed E-state index contributed by atoms with van der Waals surface area (Å²) in [5, 5.41) is 0.702. The van der Waals surface area contributed by atoms with E-state index in [4.69, 9.17) is 21.1 Å². The van der Waals surface area contributed by atoms with E-state index in [-0.39, 0.29) is 11.9 Å². The quantitative estimate of drug-likeness (QED) is 0.842. The fourth-order valence-corrected chi connectivity index (χ4v) is 3.28. The van der Waals surface area contributed by atoms with Gasteiger partial charge in [-0.05, 0) is 44.4 Å². The van der Waals surface area contributed by atoms with Crippen molar-refractivity contribution in [2.24, 2.45) is 0 Å². The molecule has 4 nitrogen and oxygen atoms in total. The number of ether oxygens (including phenoxy) is 2. The summed E-state index contributed by atoms with van der Waals surface area (Å²) in [6, 6.07) is 7.83. The fourth-order valence-electron chi connectivity index (χ4n) is 3.08. The summed E-state index contributed by atoms with van der Waals surface area (Å²) in [6.07, 6.45) is 1.46. The molecule has 2 heterocycles. The minimum absolute atomic E-state index is 0.0167. The normalized spacial score (nSPS) is 28.0. The summed E-state index contributed by atoms with van der Waals surface area (Å²) >= 11 is 6.07. The van der Waals surface area contributed by atoms with Crippen molar-refractivity contribution in [2.75, 3.05) is 13.2 Å². The van der Waals surface area contributed by atoms with Crippen molar-refractivity contribution in [3.05, 3.63) is 34.9 Å². The lowest BCUT2D eigenvalue weighted by atomic mass is 10.0. The SMILES string of the molecule is CC1(C)OC[C@H](C(=O)N2CCCC2c2cccc(Cl)c2)O1. The van der Waals surface area contributed by atoms with E-state index in [1.165, 1.54) is 0 Å². The molecular weight excluding hydrogens is 290 g/mol. The van der Waals surface area contributed by atoms with E-state index in [1.807, 2.05) is 43.0 Å². The third-order valence-corrected chi connectivity index (χ3v) is 4.29. The largest absolute Gasteiger partial charge is 0.347 e. The highest BCUT2D eigenvalue weighted by Crippen LogP contribution is 2.35. The molecule has 1 aromatic carbocycles. The zero-order valence-electron chi connectivity index (χ0n) is 12.3. The Kier molecular flexibility index (Phi) is 3.95. The van der Waals surface area contributed by atoms with E-state index < -0.39 is 11.9 Å².